The first-order valence-corrected chi connectivity index (χ1v) is 8.73. The summed E-state index contributed by atoms with van der Waals surface area (Å²) in [6, 6.07) is 6.34. The van der Waals surface area contributed by atoms with Crippen LogP contribution in [0.5, 0.6) is 0 Å². The Morgan fingerprint density at radius 3 is 2.71 bits per heavy atom. The number of rotatable bonds is 4. The van der Waals surface area contributed by atoms with E-state index in [4.69, 9.17) is 16.6 Å². The van der Waals surface area contributed by atoms with Crippen LogP contribution in [0.15, 0.2) is 18.2 Å². The number of hydrogen-bond donors (Lipinski definition) is 0. The van der Waals surface area contributed by atoms with E-state index >= 15 is 0 Å². The maximum absolute atomic E-state index is 6.11. The van der Waals surface area contributed by atoms with Gasteiger partial charge in [0.05, 0.1) is 16.9 Å². The van der Waals surface area contributed by atoms with Gasteiger partial charge in [0.25, 0.3) is 0 Å². The minimum absolute atomic E-state index is 0.496. The van der Waals surface area contributed by atoms with Gasteiger partial charge in [0.1, 0.15) is 5.82 Å². The highest BCUT2D eigenvalue weighted by molar-refractivity contribution is 6.16. The van der Waals surface area contributed by atoms with Gasteiger partial charge in [-0.3, -0.25) is 0 Å². The summed E-state index contributed by atoms with van der Waals surface area (Å²) in [5.74, 6) is 3.32. The van der Waals surface area contributed by atoms with Crippen LogP contribution >= 0.6 is 11.6 Å². The van der Waals surface area contributed by atoms with Crippen LogP contribution in [-0.4, -0.2) is 9.55 Å². The third kappa shape index (κ3) is 3.11. The largest absolute Gasteiger partial charge is 0.327 e. The van der Waals surface area contributed by atoms with E-state index in [-0.39, 0.29) is 0 Å². The first-order chi connectivity index (χ1) is 10.2. The monoisotopic (exact) mass is 304 g/mol. The lowest BCUT2D eigenvalue weighted by molar-refractivity contribution is 0.269. The molecule has 0 spiro atoms. The number of halogens is 1. The van der Waals surface area contributed by atoms with E-state index in [0.717, 1.165) is 29.7 Å². The van der Waals surface area contributed by atoms with Gasteiger partial charge in [-0.05, 0) is 36.8 Å². The molecule has 0 bridgehead atoms. The lowest BCUT2D eigenvalue weighted by atomic mass is 9.81. The maximum Gasteiger partial charge on any atom is 0.124 e. The highest BCUT2D eigenvalue weighted by atomic mass is 35.5. The topological polar surface area (TPSA) is 17.8 Å². The van der Waals surface area contributed by atoms with Crippen molar-refractivity contribution in [3.8, 4) is 0 Å². The third-order valence-corrected chi connectivity index (χ3v) is 5.30. The molecule has 0 aliphatic heterocycles. The lowest BCUT2D eigenvalue weighted by Gasteiger charge is -2.26. The molecule has 0 amide bonds. The zero-order valence-corrected chi connectivity index (χ0v) is 13.9. The van der Waals surface area contributed by atoms with Crippen molar-refractivity contribution in [2.24, 2.45) is 11.8 Å². The molecule has 3 rings (SSSR count). The summed E-state index contributed by atoms with van der Waals surface area (Å²) in [7, 11) is 0. The predicted molar refractivity (Wildman–Crippen MR) is 89.8 cm³/mol. The molecule has 1 aromatic heterocycles. The summed E-state index contributed by atoms with van der Waals surface area (Å²) in [5.41, 5.74) is 3.66. The van der Waals surface area contributed by atoms with Crippen LogP contribution in [0.2, 0.25) is 0 Å². The van der Waals surface area contributed by atoms with E-state index in [1.165, 1.54) is 43.2 Å². The quantitative estimate of drug-likeness (QED) is 0.701. The Balaban J connectivity index is 1.79. The zero-order chi connectivity index (χ0) is 14.8. The summed E-state index contributed by atoms with van der Waals surface area (Å²) in [6.07, 6.45) is 6.84. The van der Waals surface area contributed by atoms with Gasteiger partial charge >= 0.3 is 0 Å². The molecular weight excluding hydrogens is 280 g/mol. The summed E-state index contributed by atoms with van der Waals surface area (Å²) in [6.45, 7) is 5.61. The standard InChI is InChI=1S/C18H25ClN2/c1-13-6-8-15(9-7-13)10-11-21-17(12-19)20-16-5-3-4-14(2)18(16)21/h3-5,13,15H,6-12H2,1-2H3. The maximum atomic E-state index is 6.11. The highest BCUT2D eigenvalue weighted by Crippen LogP contribution is 2.31. The second kappa shape index (κ2) is 6.39. The molecule has 21 heavy (non-hydrogen) atoms. The van der Waals surface area contributed by atoms with Gasteiger partial charge in [0.2, 0.25) is 0 Å². The van der Waals surface area contributed by atoms with Crippen LogP contribution < -0.4 is 0 Å². The van der Waals surface area contributed by atoms with Gasteiger partial charge in [-0.25, -0.2) is 4.98 Å². The highest BCUT2D eigenvalue weighted by Gasteiger charge is 2.19. The molecule has 1 aromatic carbocycles. The van der Waals surface area contributed by atoms with Crippen LogP contribution in [-0.2, 0) is 12.4 Å². The Morgan fingerprint density at radius 1 is 1.24 bits per heavy atom. The van der Waals surface area contributed by atoms with Gasteiger partial charge < -0.3 is 4.57 Å². The first-order valence-electron chi connectivity index (χ1n) is 8.19. The minimum atomic E-state index is 0.496. The van der Waals surface area contributed by atoms with E-state index in [2.05, 4.69) is 36.6 Å². The smallest absolute Gasteiger partial charge is 0.124 e. The van der Waals surface area contributed by atoms with E-state index in [9.17, 15) is 0 Å². The van der Waals surface area contributed by atoms with Crippen molar-refractivity contribution in [1.82, 2.24) is 9.55 Å². The Bertz CT molecular complexity index is 609. The fourth-order valence-electron chi connectivity index (χ4n) is 3.69. The Hall–Kier alpha value is -1.02. The van der Waals surface area contributed by atoms with Crippen molar-refractivity contribution >= 4 is 22.6 Å². The second-order valence-electron chi connectivity index (χ2n) is 6.67. The van der Waals surface area contributed by atoms with E-state index in [1.807, 2.05) is 0 Å². The van der Waals surface area contributed by atoms with Crippen LogP contribution in [0.4, 0.5) is 0 Å². The summed E-state index contributed by atoms with van der Waals surface area (Å²) in [5, 5.41) is 0. The van der Waals surface area contributed by atoms with Gasteiger partial charge in [0.15, 0.2) is 0 Å². The van der Waals surface area contributed by atoms with Gasteiger partial charge in [-0.2, -0.15) is 0 Å². The van der Waals surface area contributed by atoms with Crippen molar-refractivity contribution < 1.29 is 0 Å². The number of aryl methyl sites for hydroxylation is 2. The molecule has 1 aliphatic rings. The summed E-state index contributed by atoms with van der Waals surface area (Å²) < 4.78 is 2.36. The van der Waals surface area contributed by atoms with Crippen molar-refractivity contribution in [1.29, 1.82) is 0 Å². The number of fused-ring (bicyclic) bond motifs is 1. The second-order valence-corrected chi connectivity index (χ2v) is 6.94. The van der Waals surface area contributed by atoms with E-state index in [1.54, 1.807) is 0 Å². The number of aromatic nitrogens is 2. The molecule has 1 heterocycles. The van der Waals surface area contributed by atoms with E-state index < -0.39 is 0 Å². The van der Waals surface area contributed by atoms with Crippen molar-refractivity contribution in [3.05, 3.63) is 29.6 Å². The number of imidazole rings is 1. The molecule has 0 radical (unpaired) electrons. The molecule has 0 atom stereocenters. The number of para-hydroxylation sites is 1. The fraction of sp³-hybridized carbons (Fsp3) is 0.611. The van der Waals surface area contributed by atoms with Gasteiger partial charge in [-0.1, -0.05) is 44.7 Å². The Morgan fingerprint density at radius 2 is 2.00 bits per heavy atom. The van der Waals surface area contributed by atoms with Crippen LogP contribution in [0, 0.1) is 18.8 Å². The molecule has 1 aliphatic carbocycles. The number of nitrogens with zero attached hydrogens (tertiary/aromatic N) is 2. The molecule has 2 aromatic rings. The third-order valence-electron chi connectivity index (χ3n) is 5.06. The van der Waals surface area contributed by atoms with Crippen LogP contribution in [0.3, 0.4) is 0 Å². The number of hydrogen-bond acceptors (Lipinski definition) is 1. The first kappa shape index (κ1) is 14.9. The van der Waals surface area contributed by atoms with Gasteiger partial charge in [0, 0.05) is 6.54 Å². The number of alkyl halides is 1. The van der Waals surface area contributed by atoms with Crippen molar-refractivity contribution in [2.75, 3.05) is 0 Å². The molecule has 1 fully saturated rings. The Kier molecular flexibility index (Phi) is 4.54. The molecule has 0 N–H and O–H groups in total. The number of benzene rings is 1. The molecule has 1 saturated carbocycles. The molecule has 114 valence electrons. The fourth-order valence-corrected chi connectivity index (χ4v) is 3.89. The van der Waals surface area contributed by atoms with Crippen molar-refractivity contribution in [3.63, 3.8) is 0 Å². The average molecular weight is 305 g/mol. The predicted octanol–water partition coefficient (Wildman–Crippen LogP) is 5.30. The zero-order valence-electron chi connectivity index (χ0n) is 13.1. The minimum Gasteiger partial charge on any atom is -0.327 e. The van der Waals surface area contributed by atoms with Crippen LogP contribution in [0.1, 0.15) is 50.4 Å². The SMILES string of the molecule is Cc1cccc2nc(CCl)n(CCC3CCC(C)CC3)c12. The molecule has 0 unspecified atom stereocenters. The van der Waals surface area contributed by atoms with Crippen LogP contribution in [0.25, 0.3) is 11.0 Å². The average Bonchev–Trinajstić information content (AvgIpc) is 2.86. The molecule has 0 saturated heterocycles. The van der Waals surface area contributed by atoms with Gasteiger partial charge in [-0.15, -0.1) is 11.6 Å². The molecule has 3 heteroatoms. The normalized spacial score (nSPS) is 22.8. The lowest BCUT2D eigenvalue weighted by Crippen LogP contribution is -2.15. The van der Waals surface area contributed by atoms with Crippen molar-refractivity contribution in [2.45, 2.75) is 58.4 Å². The molecule has 2 nitrogen and oxygen atoms in total. The molecular formula is C18H25ClN2. The summed E-state index contributed by atoms with van der Waals surface area (Å²) >= 11 is 6.11. The van der Waals surface area contributed by atoms with E-state index in [0.29, 0.717) is 5.88 Å². The summed E-state index contributed by atoms with van der Waals surface area (Å²) in [4.78, 5) is 4.70. The Labute approximate surface area is 132 Å².